The highest BCUT2D eigenvalue weighted by molar-refractivity contribution is 9.10. The fourth-order valence-corrected chi connectivity index (χ4v) is 1.57. The van der Waals surface area contributed by atoms with Gasteiger partial charge in [0.2, 0.25) is 0 Å². The van der Waals surface area contributed by atoms with Crippen LogP contribution in [0.2, 0.25) is 0 Å². The van der Waals surface area contributed by atoms with Gasteiger partial charge in [0, 0.05) is 6.04 Å². The lowest BCUT2D eigenvalue weighted by Crippen LogP contribution is -2.38. The molecule has 1 aromatic carbocycles. The zero-order valence-corrected chi connectivity index (χ0v) is 12.0. The Bertz CT molecular complexity index is 379. The van der Waals surface area contributed by atoms with Crippen molar-refractivity contribution in [2.75, 3.05) is 6.61 Å². The normalized spacial score (nSPS) is 12.3. The van der Waals surface area contributed by atoms with Crippen LogP contribution >= 0.6 is 15.9 Å². The van der Waals surface area contributed by atoms with Gasteiger partial charge in [0.05, 0.1) is 4.47 Å². The molecule has 1 rings (SSSR count). The number of benzene rings is 1. The number of halogens is 1. The molecule has 1 N–H and O–H groups in total. The molecule has 0 radical (unpaired) electrons. The predicted octanol–water partition coefficient (Wildman–Crippen LogP) is 2.99. The Morgan fingerprint density at radius 1 is 1.35 bits per heavy atom. The Morgan fingerprint density at radius 3 is 2.59 bits per heavy atom. The first-order valence-electron chi connectivity index (χ1n) is 5.67. The fourth-order valence-electron chi connectivity index (χ4n) is 1.17. The number of hydrogen-bond donors (Lipinski definition) is 1. The minimum absolute atomic E-state index is 0.0413. The van der Waals surface area contributed by atoms with Gasteiger partial charge in [-0.15, -0.1) is 0 Å². The van der Waals surface area contributed by atoms with E-state index in [4.69, 9.17) is 4.74 Å². The van der Waals surface area contributed by atoms with Gasteiger partial charge in [0.1, 0.15) is 5.75 Å². The van der Waals surface area contributed by atoms with Gasteiger partial charge in [0.15, 0.2) is 6.61 Å². The van der Waals surface area contributed by atoms with Gasteiger partial charge >= 0.3 is 0 Å². The van der Waals surface area contributed by atoms with Crippen molar-refractivity contribution in [3.63, 3.8) is 0 Å². The lowest BCUT2D eigenvalue weighted by Gasteiger charge is -2.17. The summed E-state index contributed by atoms with van der Waals surface area (Å²) in [7, 11) is 0. The number of amides is 1. The standard InChI is InChI=1S/C13H18BrNO2/c1-9(2)10(3)15-13(16)8-17-12-7-5-4-6-11(12)14/h4-7,9-10H,8H2,1-3H3,(H,15,16)/t10-/m0/s1. The van der Waals surface area contributed by atoms with Gasteiger partial charge in [-0.2, -0.15) is 0 Å². The van der Waals surface area contributed by atoms with Crippen molar-refractivity contribution in [1.29, 1.82) is 0 Å². The third-order valence-electron chi connectivity index (χ3n) is 2.58. The molecule has 0 spiro atoms. The van der Waals surface area contributed by atoms with Gasteiger partial charge in [-0.1, -0.05) is 26.0 Å². The molecule has 0 aromatic heterocycles. The molecule has 4 heteroatoms. The molecule has 17 heavy (non-hydrogen) atoms. The molecule has 0 aliphatic rings. The van der Waals surface area contributed by atoms with Crippen LogP contribution in [0.5, 0.6) is 5.75 Å². The van der Waals surface area contributed by atoms with Crippen molar-refractivity contribution < 1.29 is 9.53 Å². The van der Waals surface area contributed by atoms with Crippen LogP contribution in [-0.4, -0.2) is 18.6 Å². The first-order chi connectivity index (χ1) is 8.00. The van der Waals surface area contributed by atoms with Crippen molar-refractivity contribution in [2.45, 2.75) is 26.8 Å². The van der Waals surface area contributed by atoms with Gasteiger partial charge in [-0.05, 0) is 40.9 Å². The average molecular weight is 300 g/mol. The third kappa shape index (κ3) is 4.77. The maximum Gasteiger partial charge on any atom is 0.258 e. The second-order valence-corrected chi connectivity index (χ2v) is 5.17. The monoisotopic (exact) mass is 299 g/mol. The van der Waals surface area contributed by atoms with E-state index in [1.807, 2.05) is 31.2 Å². The molecule has 0 saturated heterocycles. The third-order valence-corrected chi connectivity index (χ3v) is 3.24. The molecule has 0 saturated carbocycles. The second-order valence-electron chi connectivity index (χ2n) is 4.32. The highest BCUT2D eigenvalue weighted by Crippen LogP contribution is 2.23. The number of nitrogens with one attached hydrogen (secondary N) is 1. The summed E-state index contributed by atoms with van der Waals surface area (Å²) in [5.74, 6) is 1.00. The van der Waals surface area contributed by atoms with Crippen molar-refractivity contribution in [3.8, 4) is 5.75 Å². The largest absolute Gasteiger partial charge is 0.483 e. The molecular weight excluding hydrogens is 282 g/mol. The number of rotatable bonds is 5. The van der Waals surface area contributed by atoms with Gasteiger partial charge in [0.25, 0.3) is 5.91 Å². The van der Waals surface area contributed by atoms with E-state index < -0.39 is 0 Å². The van der Waals surface area contributed by atoms with Crippen LogP contribution in [0.3, 0.4) is 0 Å². The molecule has 0 fully saturated rings. The lowest BCUT2D eigenvalue weighted by atomic mass is 10.1. The first kappa shape index (κ1) is 14.0. The van der Waals surface area contributed by atoms with E-state index in [0.29, 0.717) is 11.7 Å². The summed E-state index contributed by atoms with van der Waals surface area (Å²) in [6.45, 7) is 6.17. The Morgan fingerprint density at radius 2 is 2.00 bits per heavy atom. The van der Waals surface area contributed by atoms with E-state index in [1.165, 1.54) is 0 Å². The van der Waals surface area contributed by atoms with E-state index in [2.05, 4.69) is 35.1 Å². The minimum atomic E-state index is -0.0954. The molecule has 1 aromatic rings. The number of para-hydroxylation sites is 1. The highest BCUT2D eigenvalue weighted by atomic mass is 79.9. The number of hydrogen-bond acceptors (Lipinski definition) is 2. The van der Waals surface area contributed by atoms with Crippen LogP contribution in [0.4, 0.5) is 0 Å². The zero-order valence-electron chi connectivity index (χ0n) is 10.4. The Labute approximate surface area is 111 Å². The quantitative estimate of drug-likeness (QED) is 0.908. The van der Waals surface area contributed by atoms with Crippen LogP contribution in [-0.2, 0) is 4.79 Å². The predicted molar refractivity (Wildman–Crippen MR) is 72.1 cm³/mol. The number of carbonyl (C=O) groups is 1. The van der Waals surface area contributed by atoms with Crippen molar-refractivity contribution in [1.82, 2.24) is 5.32 Å². The smallest absolute Gasteiger partial charge is 0.258 e. The van der Waals surface area contributed by atoms with Crippen LogP contribution in [0, 0.1) is 5.92 Å². The van der Waals surface area contributed by atoms with Crippen LogP contribution < -0.4 is 10.1 Å². The van der Waals surface area contributed by atoms with Crippen molar-refractivity contribution in [2.24, 2.45) is 5.92 Å². The summed E-state index contributed by atoms with van der Waals surface area (Å²) in [5.41, 5.74) is 0. The van der Waals surface area contributed by atoms with Gasteiger partial charge in [-0.25, -0.2) is 0 Å². The Balaban J connectivity index is 2.41. The summed E-state index contributed by atoms with van der Waals surface area (Å²) in [6, 6.07) is 7.63. The molecule has 0 aliphatic carbocycles. The maximum atomic E-state index is 11.6. The van der Waals surface area contributed by atoms with E-state index in [-0.39, 0.29) is 18.6 Å². The maximum absolute atomic E-state index is 11.6. The second kappa shape index (κ2) is 6.64. The Kier molecular flexibility index (Phi) is 5.48. The van der Waals surface area contributed by atoms with Gasteiger partial charge in [-0.3, -0.25) is 4.79 Å². The zero-order chi connectivity index (χ0) is 12.8. The summed E-state index contributed by atoms with van der Waals surface area (Å²) in [6.07, 6.45) is 0. The molecule has 1 atom stereocenters. The molecule has 0 bridgehead atoms. The number of carbonyl (C=O) groups excluding carboxylic acids is 1. The molecule has 0 heterocycles. The van der Waals surface area contributed by atoms with E-state index >= 15 is 0 Å². The van der Waals surface area contributed by atoms with Gasteiger partial charge < -0.3 is 10.1 Å². The molecule has 0 aliphatic heterocycles. The number of ether oxygens (including phenoxy) is 1. The first-order valence-corrected chi connectivity index (χ1v) is 6.46. The van der Waals surface area contributed by atoms with E-state index in [0.717, 1.165) is 4.47 Å². The molecule has 3 nitrogen and oxygen atoms in total. The summed E-state index contributed by atoms with van der Waals surface area (Å²) < 4.78 is 6.27. The molecular formula is C13H18BrNO2. The molecule has 94 valence electrons. The minimum Gasteiger partial charge on any atom is -0.483 e. The average Bonchev–Trinajstić information content (AvgIpc) is 2.27. The van der Waals surface area contributed by atoms with Crippen LogP contribution in [0.25, 0.3) is 0 Å². The topological polar surface area (TPSA) is 38.3 Å². The molecule has 0 unspecified atom stereocenters. The van der Waals surface area contributed by atoms with E-state index in [1.54, 1.807) is 0 Å². The lowest BCUT2D eigenvalue weighted by molar-refractivity contribution is -0.124. The highest BCUT2D eigenvalue weighted by Gasteiger charge is 2.11. The fraction of sp³-hybridized carbons (Fsp3) is 0.462. The summed E-state index contributed by atoms with van der Waals surface area (Å²) in [5, 5.41) is 2.89. The summed E-state index contributed by atoms with van der Waals surface area (Å²) >= 11 is 3.36. The van der Waals surface area contributed by atoms with Crippen molar-refractivity contribution >= 4 is 21.8 Å². The van der Waals surface area contributed by atoms with E-state index in [9.17, 15) is 4.79 Å². The van der Waals surface area contributed by atoms with Crippen LogP contribution in [0.1, 0.15) is 20.8 Å². The molecule has 1 amide bonds. The van der Waals surface area contributed by atoms with Crippen LogP contribution in [0.15, 0.2) is 28.7 Å². The Hall–Kier alpha value is -1.03. The summed E-state index contributed by atoms with van der Waals surface area (Å²) in [4.78, 5) is 11.6. The van der Waals surface area contributed by atoms with Crippen molar-refractivity contribution in [3.05, 3.63) is 28.7 Å². The SMILES string of the molecule is CC(C)[C@H](C)NC(=O)COc1ccccc1Br.